The van der Waals surface area contributed by atoms with E-state index < -0.39 is 0 Å². The van der Waals surface area contributed by atoms with Crippen molar-refractivity contribution in [2.24, 2.45) is 0 Å². The van der Waals surface area contributed by atoms with Crippen molar-refractivity contribution >= 4 is 17.5 Å². The topological polar surface area (TPSA) is 63.1 Å². The molecule has 0 saturated heterocycles. The molecule has 0 aliphatic carbocycles. The van der Waals surface area contributed by atoms with Gasteiger partial charge >= 0.3 is 0 Å². The third-order valence-corrected chi connectivity index (χ3v) is 3.50. The highest BCUT2D eigenvalue weighted by molar-refractivity contribution is 5.99. The quantitative estimate of drug-likeness (QED) is 0.759. The van der Waals surface area contributed by atoms with Crippen molar-refractivity contribution < 1.29 is 9.59 Å². The lowest BCUT2D eigenvalue weighted by Crippen LogP contribution is -2.32. The molecule has 0 spiro atoms. The molecular formula is C19H17N3O2. The molecule has 0 bridgehead atoms. The second kappa shape index (κ2) is 7.28. The maximum atomic E-state index is 12.1. The Balaban J connectivity index is 1.54. The standard InChI is InChI=1S/C19H17N3O2/c23-18(21-16-6-2-1-3-7-16)14-20-19(24)15-8-10-17(11-9-15)22-12-4-5-13-22/h1-13H,14H2,(H,20,24)(H,21,23). The number of anilines is 1. The van der Waals surface area contributed by atoms with Crippen LogP contribution >= 0.6 is 0 Å². The van der Waals surface area contributed by atoms with Gasteiger partial charge in [-0.3, -0.25) is 9.59 Å². The van der Waals surface area contributed by atoms with Crippen molar-refractivity contribution in [1.29, 1.82) is 0 Å². The minimum atomic E-state index is -0.280. The second-order valence-corrected chi connectivity index (χ2v) is 5.23. The van der Waals surface area contributed by atoms with E-state index in [4.69, 9.17) is 0 Å². The number of nitrogens with one attached hydrogen (secondary N) is 2. The van der Waals surface area contributed by atoms with Gasteiger partial charge in [0.2, 0.25) is 5.91 Å². The summed E-state index contributed by atoms with van der Waals surface area (Å²) in [5.41, 5.74) is 2.18. The predicted molar refractivity (Wildman–Crippen MR) is 93.2 cm³/mol. The minimum absolute atomic E-state index is 0.0763. The van der Waals surface area contributed by atoms with E-state index in [0.717, 1.165) is 5.69 Å². The number of amides is 2. The number of hydrogen-bond donors (Lipinski definition) is 2. The first kappa shape index (κ1) is 15.6. The number of carbonyl (C=O) groups is 2. The third kappa shape index (κ3) is 3.89. The molecular weight excluding hydrogens is 302 g/mol. The lowest BCUT2D eigenvalue weighted by Gasteiger charge is -2.08. The molecule has 3 rings (SSSR count). The molecule has 5 nitrogen and oxygen atoms in total. The van der Waals surface area contributed by atoms with Gasteiger partial charge in [0.05, 0.1) is 6.54 Å². The highest BCUT2D eigenvalue weighted by atomic mass is 16.2. The molecule has 2 N–H and O–H groups in total. The van der Waals surface area contributed by atoms with Crippen LogP contribution in [0.15, 0.2) is 79.1 Å². The number of rotatable bonds is 5. The zero-order chi connectivity index (χ0) is 16.8. The lowest BCUT2D eigenvalue weighted by molar-refractivity contribution is -0.115. The van der Waals surface area contributed by atoms with Gasteiger partial charge in [0.15, 0.2) is 0 Å². The Bertz CT molecular complexity index is 810. The van der Waals surface area contributed by atoms with Gasteiger partial charge < -0.3 is 15.2 Å². The maximum Gasteiger partial charge on any atom is 0.251 e. The molecule has 0 aliphatic heterocycles. The Hall–Kier alpha value is -3.34. The summed E-state index contributed by atoms with van der Waals surface area (Å²) in [4.78, 5) is 23.9. The fourth-order valence-electron chi connectivity index (χ4n) is 2.28. The molecule has 1 heterocycles. The molecule has 120 valence electrons. The van der Waals surface area contributed by atoms with Gasteiger partial charge in [-0.2, -0.15) is 0 Å². The van der Waals surface area contributed by atoms with E-state index in [1.54, 1.807) is 24.3 Å². The van der Waals surface area contributed by atoms with Crippen molar-refractivity contribution in [2.45, 2.75) is 0 Å². The summed E-state index contributed by atoms with van der Waals surface area (Å²) in [7, 11) is 0. The van der Waals surface area contributed by atoms with Crippen LogP contribution in [0.4, 0.5) is 5.69 Å². The molecule has 0 aliphatic rings. The summed E-state index contributed by atoms with van der Waals surface area (Å²) in [6.45, 7) is -0.0763. The van der Waals surface area contributed by atoms with Crippen LogP contribution in [0.3, 0.4) is 0 Å². The average Bonchev–Trinajstić information content (AvgIpc) is 3.15. The second-order valence-electron chi connectivity index (χ2n) is 5.23. The van der Waals surface area contributed by atoms with Crippen molar-refractivity contribution in [1.82, 2.24) is 9.88 Å². The molecule has 0 fully saturated rings. The highest BCUT2D eigenvalue weighted by Crippen LogP contribution is 2.10. The fraction of sp³-hybridized carbons (Fsp3) is 0.0526. The van der Waals surface area contributed by atoms with Gasteiger partial charge in [-0.05, 0) is 48.5 Å². The maximum absolute atomic E-state index is 12.1. The smallest absolute Gasteiger partial charge is 0.251 e. The van der Waals surface area contributed by atoms with E-state index >= 15 is 0 Å². The molecule has 0 unspecified atom stereocenters. The molecule has 24 heavy (non-hydrogen) atoms. The van der Waals surface area contributed by atoms with E-state index in [1.165, 1.54) is 0 Å². The number of carbonyl (C=O) groups excluding carboxylic acids is 2. The summed E-state index contributed by atoms with van der Waals surface area (Å²) in [6, 6.07) is 20.2. The van der Waals surface area contributed by atoms with Crippen LogP contribution in [0.25, 0.3) is 5.69 Å². The molecule has 0 saturated carbocycles. The largest absolute Gasteiger partial charge is 0.343 e. The minimum Gasteiger partial charge on any atom is -0.343 e. The summed E-state index contributed by atoms with van der Waals surface area (Å²) < 4.78 is 1.95. The molecule has 0 atom stereocenters. The van der Waals surface area contributed by atoms with Crippen molar-refractivity contribution in [3.05, 3.63) is 84.7 Å². The van der Waals surface area contributed by atoms with Gasteiger partial charge in [-0.15, -0.1) is 0 Å². The van der Waals surface area contributed by atoms with Crippen LogP contribution in [0, 0.1) is 0 Å². The van der Waals surface area contributed by atoms with Crippen LogP contribution in [0.2, 0.25) is 0 Å². The monoisotopic (exact) mass is 319 g/mol. The van der Waals surface area contributed by atoms with Crippen LogP contribution < -0.4 is 10.6 Å². The van der Waals surface area contributed by atoms with E-state index in [0.29, 0.717) is 11.3 Å². The Morgan fingerprint density at radius 2 is 1.50 bits per heavy atom. The number of nitrogens with zero attached hydrogens (tertiary/aromatic N) is 1. The molecule has 0 radical (unpaired) electrons. The third-order valence-electron chi connectivity index (χ3n) is 3.50. The highest BCUT2D eigenvalue weighted by Gasteiger charge is 2.08. The zero-order valence-electron chi connectivity index (χ0n) is 13.0. The Kier molecular flexibility index (Phi) is 4.72. The Morgan fingerprint density at radius 1 is 0.833 bits per heavy atom. The molecule has 3 aromatic rings. The van der Waals surface area contributed by atoms with Crippen LogP contribution in [0.1, 0.15) is 10.4 Å². The number of hydrogen-bond acceptors (Lipinski definition) is 2. The predicted octanol–water partition coefficient (Wildman–Crippen LogP) is 2.85. The Labute approximate surface area is 139 Å². The first-order chi connectivity index (χ1) is 11.7. The number of benzene rings is 2. The van der Waals surface area contributed by atoms with Gasteiger partial charge in [0, 0.05) is 29.3 Å². The number of aromatic nitrogens is 1. The van der Waals surface area contributed by atoms with Crippen LogP contribution in [0.5, 0.6) is 0 Å². The van der Waals surface area contributed by atoms with Crippen LogP contribution in [-0.2, 0) is 4.79 Å². The van der Waals surface area contributed by atoms with Crippen LogP contribution in [-0.4, -0.2) is 22.9 Å². The van der Waals surface area contributed by atoms with Crippen molar-refractivity contribution in [3.8, 4) is 5.69 Å². The normalized spacial score (nSPS) is 10.2. The SMILES string of the molecule is O=C(CNC(=O)c1ccc(-n2cccc2)cc1)Nc1ccccc1. The molecule has 5 heteroatoms. The van der Waals surface area contributed by atoms with Gasteiger partial charge in [-0.1, -0.05) is 18.2 Å². The first-order valence-electron chi connectivity index (χ1n) is 7.59. The average molecular weight is 319 g/mol. The van der Waals surface area contributed by atoms with E-state index in [9.17, 15) is 9.59 Å². The van der Waals surface area contributed by atoms with E-state index in [2.05, 4.69) is 10.6 Å². The zero-order valence-corrected chi connectivity index (χ0v) is 13.0. The number of para-hydroxylation sites is 1. The molecule has 2 aromatic carbocycles. The first-order valence-corrected chi connectivity index (χ1v) is 7.59. The van der Waals surface area contributed by atoms with Crippen molar-refractivity contribution in [2.75, 3.05) is 11.9 Å². The van der Waals surface area contributed by atoms with E-state index in [1.807, 2.05) is 59.4 Å². The lowest BCUT2D eigenvalue weighted by atomic mass is 10.2. The summed E-state index contributed by atoms with van der Waals surface area (Å²) in [5, 5.41) is 5.33. The fourth-order valence-corrected chi connectivity index (χ4v) is 2.28. The van der Waals surface area contributed by atoms with E-state index in [-0.39, 0.29) is 18.4 Å². The van der Waals surface area contributed by atoms with Gasteiger partial charge in [0.25, 0.3) is 5.91 Å². The molecule has 1 aromatic heterocycles. The Morgan fingerprint density at radius 3 is 2.17 bits per heavy atom. The molecule has 2 amide bonds. The van der Waals surface area contributed by atoms with Gasteiger partial charge in [-0.25, -0.2) is 0 Å². The summed E-state index contributed by atoms with van der Waals surface area (Å²) in [6.07, 6.45) is 3.87. The summed E-state index contributed by atoms with van der Waals surface area (Å²) >= 11 is 0. The summed E-state index contributed by atoms with van der Waals surface area (Å²) in [5.74, 6) is -0.546. The van der Waals surface area contributed by atoms with Gasteiger partial charge in [0.1, 0.15) is 0 Å². The van der Waals surface area contributed by atoms with Crippen molar-refractivity contribution in [3.63, 3.8) is 0 Å².